The molecular formula is C16H13ClFN3O. The Morgan fingerprint density at radius 3 is 2.68 bits per heavy atom. The molecule has 0 bridgehead atoms. The summed E-state index contributed by atoms with van der Waals surface area (Å²) in [7, 11) is 0. The molecule has 1 atom stereocenters. The molecule has 2 heterocycles. The van der Waals surface area contributed by atoms with Gasteiger partial charge in [0.15, 0.2) is 0 Å². The number of pyridine rings is 1. The average molecular weight is 318 g/mol. The lowest BCUT2D eigenvalue weighted by molar-refractivity contribution is -0.115. The minimum Gasteiger partial charge on any atom is -0.309 e. The number of aromatic nitrogens is 2. The lowest BCUT2D eigenvalue weighted by Crippen LogP contribution is -2.21. The molecule has 0 aliphatic rings. The van der Waals surface area contributed by atoms with Gasteiger partial charge in [0.25, 0.3) is 0 Å². The number of carbonyl (C=O) groups excluding carboxylic acids is 1. The number of alkyl halides is 1. The van der Waals surface area contributed by atoms with E-state index in [-0.39, 0.29) is 11.7 Å². The van der Waals surface area contributed by atoms with Crippen molar-refractivity contribution in [2.75, 3.05) is 5.32 Å². The Bertz CT molecular complexity index is 827. The molecule has 0 aliphatic heterocycles. The van der Waals surface area contributed by atoms with Crippen LogP contribution in [-0.4, -0.2) is 20.7 Å². The number of halogens is 2. The summed E-state index contributed by atoms with van der Waals surface area (Å²) >= 11 is 5.82. The van der Waals surface area contributed by atoms with Crippen molar-refractivity contribution < 1.29 is 9.18 Å². The summed E-state index contributed by atoms with van der Waals surface area (Å²) in [6.45, 7) is 1.59. The number of nitrogens with zero attached hydrogens (tertiary/aromatic N) is 2. The van der Waals surface area contributed by atoms with Crippen molar-refractivity contribution in [1.82, 2.24) is 9.38 Å². The fourth-order valence-corrected chi connectivity index (χ4v) is 2.20. The van der Waals surface area contributed by atoms with Gasteiger partial charge in [0.2, 0.25) is 5.91 Å². The predicted octanol–water partition coefficient (Wildman–Crippen LogP) is 3.71. The van der Waals surface area contributed by atoms with Crippen LogP contribution in [-0.2, 0) is 4.79 Å². The van der Waals surface area contributed by atoms with Gasteiger partial charge in [-0.05, 0) is 43.3 Å². The molecule has 3 rings (SSSR count). The van der Waals surface area contributed by atoms with Gasteiger partial charge in [0, 0.05) is 11.8 Å². The second-order valence-electron chi connectivity index (χ2n) is 4.85. The smallest absolute Gasteiger partial charge is 0.243 e. The molecule has 4 nitrogen and oxygen atoms in total. The largest absolute Gasteiger partial charge is 0.309 e. The Morgan fingerprint density at radius 1 is 1.27 bits per heavy atom. The van der Waals surface area contributed by atoms with E-state index in [2.05, 4.69) is 10.3 Å². The van der Waals surface area contributed by atoms with Gasteiger partial charge < -0.3 is 5.32 Å². The van der Waals surface area contributed by atoms with E-state index in [1.165, 1.54) is 12.1 Å². The van der Waals surface area contributed by atoms with Gasteiger partial charge in [0.1, 0.15) is 28.4 Å². The number of amides is 1. The highest BCUT2D eigenvalue weighted by Gasteiger charge is 2.18. The summed E-state index contributed by atoms with van der Waals surface area (Å²) in [6, 6.07) is 11.5. The molecular weight excluding hydrogens is 305 g/mol. The number of benzene rings is 1. The Balaban J connectivity index is 2.16. The standard InChI is InChI=1S/C16H13ClFN3O/c1-10(17)16(22)20-15-14(11-5-7-12(18)8-6-11)19-13-4-2-3-9-21(13)15/h2-10H,1H3,(H,20,22)/t10-/m1/s1. The first-order valence-electron chi connectivity index (χ1n) is 6.74. The van der Waals surface area contributed by atoms with E-state index < -0.39 is 5.38 Å². The van der Waals surface area contributed by atoms with Gasteiger partial charge in [-0.1, -0.05) is 6.07 Å². The van der Waals surface area contributed by atoms with Crippen LogP contribution in [0.4, 0.5) is 10.2 Å². The summed E-state index contributed by atoms with van der Waals surface area (Å²) in [6.07, 6.45) is 1.80. The van der Waals surface area contributed by atoms with E-state index in [0.29, 0.717) is 22.7 Å². The van der Waals surface area contributed by atoms with Gasteiger partial charge in [-0.25, -0.2) is 9.37 Å². The van der Waals surface area contributed by atoms with Crippen molar-refractivity contribution in [3.8, 4) is 11.3 Å². The number of hydrogen-bond donors (Lipinski definition) is 1. The van der Waals surface area contributed by atoms with Crippen LogP contribution in [0.1, 0.15) is 6.92 Å². The van der Waals surface area contributed by atoms with Gasteiger partial charge in [-0.15, -0.1) is 11.6 Å². The van der Waals surface area contributed by atoms with E-state index in [1.807, 2.05) is 18.2 Å². The lowest BCUT2D eigenvalue weighted by Gasteiger charge is -2.08. The quantitative estimate of drug-likeness (QED) is 0.749. The van der Waals surface area contributed by atoms with Crippen LogP contribution < -0.4 is 5.32 Å². The maximum absolute atomic E-state index is 13.1. The Labute approximate surface area is 131 Å². The fourth-order valence-electron chi connectivity index (χ4n) is 2.14. The van der Waals surface area contributed by atoms with Gasteiger partial charge in [0.05, 0.1) is 0 Å². The molecule has 3 aromatic rings. The highest BCUT2D eigenvalue weighted by atomic mass is 35.5. The molecule has 1 amide bonds. The van der Waals surface area contributed by atoms with Crippen LogP contribution in [0.2, 0.25) is 0 Å². The monoisotopic (exact) mass is 317 g/mol. The van der Waals surface area contributed by atoms with Gasteiger partial charge in [-0.2, -0.15) is 0 Å². The zero-order chi connectivity index (χ0) is 15.7. The topological polar surface area (TPSA) is 46.4 Å². The van der Waals surface area contributed by atoms with E-state index in [1.54, 1.807) is 29.7 Å². The predicted molar refractivity (Wildman–Crippen MR) is 84.5 cm³/mol. The van der Waals surface area contributed by atoms with Crippen molar-refractivity contribution in [1.29, 1.82) is 0 Å². The summed E-state index contributed by atoms with van der Waals surface area (Å²) in [5, 5.41) is 2.11. The number of nitrogens with one attached hydrogen (secondary N) is 1. The van der Waals surface area contributed by atoms with Gasteiger partial charge >= 0.3 is 0 Å². The molecule has 6 heteroatoms. The van der Waals surface area contributed by atoms with Crippen LogP contribution in [0.15, 0.2) is 48.7 Å². The summed E-state index contributed by atoms with van der Waals surface area (Å²) in [4.78, 5) is 16.5. The molecule has 0 aliphatic carbocycles. The minimum atomic E-state index is -0.671. The first-order valence-corrected chi connectivity index (χ1v) is 7.18. The fraction of sp³-hybridized carbons (Fsp3) is 0.125. The zero-order valence-electron chi connectivity index (χ0n) is 11.8. The molecule has 0 fully saturated rings. The number of rotatable bonds is 3. The van der Waals surface area contributed by atoms with E-state index in [9.17, 15) is 9.18 Å². The minimum absolute atomic E-state index is 0.323. The Kier molecular flexibility index (Phi) is 3.81. The molecule has 0 saturated heterocycles. The second kappa shape index (κ2) is 5.77. The van der Waals surface area contributed by atoms with Crippen molar-refractivity contribution in [2.24, 2.45) is 0 Å². The van der Waals surface area contributed by atoms with Crippen molar-refractivity contribution in [2.45, 2.75) is 12.3 Å². The second-order valence-corrected chi connectivity index (χ2v) is 5.50. The van der Waals surface area contributed by atoms with E-state index in [4.69, 9.17) is 11.6 Å². The van der Waals surface area contributed by atoms with Gasteiger partial charge in [-0.3, -0.25) is 9.20 Å². The molecule has 0 unspecified atom stereocenters. The number of carbonyl (C=O) groups is 1. The molecule has 2 aromatic heterocycles. The van der Waals surface area contributed by atoms with Crippen LogP contribution in [0, 0.1) is 5.82 Å². The summed E-state index contributed by atoms with van der Waals surface area (Å²) in [5.74, 6) is -0.136. The number of hydrogen-bond acceptors (Lipinski definition) is 2. The number of anilines is 1. The maximum atomic E-state index is 13.1. The van der Waals surface area contributed by atoms with Crippen molar-refractivity contribution >= 4 is 29.0 Å². The number of imidazole rings is 1. The maximum Gasteiger partial charge on any atom is 0.243 e. The third-order valence-electron chi connectivity index (χ3n) is 3.25. The summed E-state index contributed by atoms with van der Waals surface area (Å²) in [5.41, 5.74) is 1.96. The third-order valence-corrected chi connectivity index (χ3v) is 3.45. The first-order chi connectivity index (χ1) is 10.6. The molecule has 1 N–H and O–H groups in total. The Morgan fingerprint density at radius 2 is 2.00 bits per heavy atom. The SMILES string of the molecule is C[C@@H](Cl)C(=O)Nc1c(-c2ccc(F)cc2)nc2ccccn12. The van der Waals surface area contributed by atoms with Crippen molar-refractivity contribution in [3.63, 3.8) is 0 Å². The third kappa shape index (κ3) is 2.67. The normalized spacial score (nSPS) is 12.3. The van der Waals surface area contributed by atoms with Crippen LogP contribution in [0.5, 0.6) is 0 Å². The van der Waals surface area contributed by atoms with Crippen molar-refractivity contribution in [3.05, 3.63) is 54.5 Å². The summed E-state index contributed by atoms with van der Waals surface area (Å²) < 4.78 is 14.9. The molecule has 112 valence electrons. The Hall–Kier alpha value is -2.40. The average Bonchev–Trinajstić information content (AvgIpc) is 2.87. The highest BCUT2D eigenvalue weighted by Crippen LogP contribution is 2.29. The highest BCUT2D eigenvalue weighted by molar-refractivity contribution is 6.32. The van der Waals surface area contributed by atoms with Crippen LogP contribution >= 0.6 is 11.6 Å². The van der Waals surface area contributed by atoms with Crippen LogP contribution in [0.3, 0.4) is 0 Å². The van der Waals surface area contributed by atoms with E-state index >= 15 is 0 Å². The zero-order valence-corrected chi connectivity index (χ0v) is 12.5. The lowest BCUT2D eigenvalue weighted by atomic mass is 10.1. The molecule has 0 spiro atoms. The molecule has 0 saturated carbocycles. The number of fused-ring (bicyclic) bond motifs is 1. The molecule has 22 heavy (non-hydrogen) atoms. The van der Waals surface area contributed by atoms with E-state index in [0.717, 1.165) is 0 Å². The molecule has 1 aromatic carbocycles. The molecule has 0 radical (unpaired) electrons. The van der Waals surface area contributed by atoms with Crippen LogP contribution in [0.25, 0.3) is 16.9 Å². The first kappa shape index (κ1) is 14.5.